The topological polar surface area (TPSA) is 59.7 Å². The third kappa shape index (κ3) is 2.87. The molecule has 5 rings (SSSR count). The summed E-state index contributed by atoms with van der Waals surface area (Å²) in [5.74, 6) is 1.27. The molecule has 0 saturated heterocycles. The van der Waals surface area contributed by atoms with Gasteiger partial charge in [0.05, 0.1) is 16.9 Å². The van der Waals surface area contributed by atoms with E-state index in [2.05, 4.69) is 49.8 Å². The molecular formula is C24H27FN6. The van der Waals surface area contributed by atoms with Crippen molar-refractivity contribution >= 4 is 16.6 Å². The summed E-state index contributed by atoms with van der Waals surface area (Å²) >= 11 is 0. The zero-order valence-electron chi connectivity index (χ0n) is 18.5. The zero-order chi connectivity index (χ0) is 21.9. The Bertz CT molecular complexity index is 1310. The maximum atomic E-state index is 15.5. The summed E-state index contributed by atoms with van der Waals surface area (Å²) in [7, 11) is 1.95. The van der Waals surface area contributed by atoms with E-state index in [0.29, 0.717) is 5.69 Å². The number of hydrogen-bond donors (Lipinski definition) is 2. The predicted molar refractivity (Wildman–Crippen MR) is 122 cm³/mol. The molecule has 6 nitrogen and oxygen atoms in total. The fourth-order valence-electron chi connectivity index (χ4n) is 4.70. The highest BCUT2D eigenvalue weighted by molar-refractivity contribution is 5.97. The molecule has 31 heavy (non-hydrogen) atoms. The van der Waals surface area contributed by atoms with Crippen molar-refractivity contribution in [1.29, 1.82) is 0 Å². The molecule has 0 bridgehead atoms. The standard InChI is InChI=1S/C24H27FN6/c1-14-18(16-7-6-8-20-17(16)9-11-30(20)12-10-26-5)13-19(25)21-22(14)31-15(2)28-29-23(31)24(3,4)27-21/h6-9,11,13,26-27H,10,12H2,1-5H3. The molecule has 0 aliphatic carbocycles. The second kappa shape index (κ2) is 6.92. The number of nitrogens with zero attached hydrogens (tertiary/aromatic N) is 4. The van der Waals surface area contributed by atoms with Gasteiger partial charge in [0.15, 0.2) is 5.82 Å². The average molecular weight is 419 g/mol. The SMILES string of the molecule is CNCCn1ccc2c(-c3cc(F)c4c(c3C)-n3c(C)nnc3C(C)(C)N4)cccc21. The molecule has 0 saturated carbocycles. The first-order chi connectivity index (χ1) is 14.8. The lowest BCUT2D eigenvalue weighted by atomic mass is 9.92. The number of anilines is 1. The van der Waals surface area contributed by atoms with Crippen LogP contribution >= 0.6 is 0 Å². The molecule has 1 aliphatic heterocycles. The molecule has 1 aliphatic rings. The summed E-state index contributed by atoms with van der Waals surface area (Å²) in [6.45, 7) is 9.71. The molecule has 0 spiro atoms. The highest BCUT2D eigenvalue weighted by Gasteiger charge is 2.37. The van der Waals surface area contributed by atoms with E-state index in [9.17, 15) is 0 Å². The number of likely N-dealkylation sites (N-methyl/N-ethyl adjacent to an activating group) is 1. The van der Waals surface area contributed by atoms with Crippen molar-refractivity contribution in [2.24, 2.45) is 0 Å². The van der Waals surface area contributed by atoms with Gasteiger partial charge in [-0.3, -0.25) is 4.57 Å². The van der Waals surface area contributed by atoms with Crippen molar-refractivity contribution in [3.63, 3.8) is 0 Å². The van der Waals surface area contributed by atoms with Crippen molar-refractivity contribution in [3.05, 3.63) is 59.6 Å². The van der Waals surface area contributed by atoms with Crippen LogP contribution in [0, 0.1) is 19.7 Å². The van der Waals surface area contributed by atoms with Crippen LogP contribution in [0.3, 0.4) is 0 Å². The normalized spacial score (nSPS) is 14.4. The van der Waals surface area contributed by atoms with Gasteiger partial charge in [-0.1, -0.05) is 12.1 Å². The Labute approximate surface area is 181 Å². The number of hydrogen-bond acceptors (Lipinski definition) is 4. The molecule has 0 radical (unpaired) electrons. The van der Waals surface area contributed by atoms with Crippen molar-refractivity contribution in [2.45, 2.75) is 39.8 Å². The Hall–Kier alpha value is -3.19. The number of fused-ring (bicyclic) bond motifs is 4. The quantitative estimate of drug-likeness (QED) is 0.511. The van der Waals surface area contributed by atoms with Gasteiger partial charge >= 0.3 is 0 Å². The van der Waals surface area contributed by atoms with E-state index < -0.39 is 5.54 Å². The van der Waals surface area contributed by atoms with E-state index >= 15 is 4.39 Å². The predicted octanol–water partition coefficient (Wildman–Crippen LogP) is 4.52. The first-order valence-electron chi connectivity index (χ1n) is 10.6. The van der Waals surface area contributed by atoms with Crippen LogP contribution in [0.1, 0.15) is 31.1 Å². The minimum Gasteiger partial charge on any atom is -0.369 e. The molecule has 0 unspecified atom stereocenters. The number of aromatic nitrogens is 4. The summed E-state index contributed by atoms with van der Waals surface area (Å²) in [6.07, 6.45) is 2.10. The zero-order valence-corrected chi connectivity index (χ0v) is 18.5. The van der Waals surface area contributed by atoms with Gasteiger partial charge in [0.25, 0.3) is 0 Å². The highest BCUT2D eigenvalue weighted by Crippen LogP contribution is 2.44. The second-order valence-corrected chi connectivity index (χ2v) is 8.76. The monoisotopic (exact) mass is 418 g/mol. The summed E-state index contributed by atoms with van der Waals surface area (Å²) < 4.78 is 19.7. The van der Waals surface area contributed by atoms with Crippen LogP contribution < -0.4 is 10.6 Å². The van der Waals surface area contributed by atoms with E-state index in [4.69, 9.17) is 0 Å². The molecule has 160 valence electrons. The van der Waals surface area contributed by atoms with Gasteiger partial charge in [-0.15, -0.1) is 10.2 Å². The van der Waals surface area contributed by atoms with Crippen molar-refractivity contribution in [3.8, 4) is 16.8 Å². The van der Waals surface area contributed by atoms with Gasteiger partial charge in [-0.2, -0.15) is 0 Å². The minimum absolute atomic E-state index is 0.269. The summed E-state index contributed by atoms with van der Waals surface area (Å²) in [4.78, 5) is 0. The van der Waals surface area contributed by atoms with Crippen LogP contribution in [-0.4, -0.2) is 32.9 Å². The molecule has 2 aromatic heterocycles. The van der Waals surface area contributed by atoms with Gasteiger partial charge < -0.3 is 15.2 Å². The Kier molecular flexibility index (Phi) is 4.41. The summed E-state index contributed by atoms with van der Waals surface area (Å²) in [6, 6.07) is 10.0. The molecule has 4 aromatic rings. The first-order valence-corrected chi connectivity index (χ1v) is 10.6. The van der Waals surface area contributed by atoms with Crippen LogP contribution in [0.25, 0.3) is 27.7 Å². The number of benzene rings is 2. The number of halogens is 1. The maximum Gasteiger partial charge on any atom is 0.162 e. The fourth-order valence-corrected chi connectivity index (χ4v) is 4.70. The van der Waals surface area contributed by atoms with Crippen LogP contribution in [0.4, 0.5) is 10.1 Å². The van der Waals surface area contributed by atoms with Gasteiger partial charge in [-0.25, -0.2) is 4.39 Å². The molecule has 3 heterocycles. The lowest BCUT2D eigenvalue weighted by Crippen LogP contribution is -2.37. The number of aryl methyl sites for hydroxylation is 1. The second-order valence-electron chi connectivity index (χ2n) is 8.76. The third-order valence-electron chi connectivity index (χ3n) is 6.26. The van der Waals surface area contributed by atoms with Crippen molar-refractivity contribution in [1.82, 2.24) is 24.6 Å². The molecule has 2 N–H and O–H groups in total. The van der Waals surface area contributed by atoms with Gasteiger partial charge in [-0.05, 0) is 69.6 Å². The van der Waals surface area contributed by atoms with E-state index in [1.165, 1.54) is 0 Å². The van der Waals surface area contributed by atoms with Crippen molar-refractivity contribution in [2.75, 3.05) is 18.9 Å². The Balaban J connectivity index is 1.75. The van der Waals surface area contributed by atoms with E-state index in [-0.39, 0.29) is 5.82 Å². The number of rotatable bonds is 4. The van der Waals surface area contributed by atoms with E-state index in [0.717, 1.165) is 58.0 Å². The van der Waals surface area contributed by atoms with Gasteiger partial charge in [0.2, 0.25) is 0 Å². The van der Waals surface area contributed by atoms with E-state index in [1.807, 2.05) is 45.4 Å². The Morgan fingerprint density at radius 2 is 1.94 bits per heavy atom. The van der Waals surface area contributed by atoms with Crippen molar-refractivity contribution < 1.29 is 4.39 Å². The summed E-state index contributed by atoms with van der Waals surface area (Å²) in [5.41, 5.74) is 4.82. The molecule has 0 fully saturated rings. The lowest BCUT2D eigenvalue weighted by molar-refractivity contribution is 0.521. The molecule has 0 atom stereocenters. The Morgan fingerprint density at radius 3 is 2.71 bits per heavy atom. The van der Waals surface area contributed by atoms with Crippen LogP contribution in [0.5, 0.6) is 0 Å². The van der Waals surface area contributed by atoms with Crippen LogP contribution in [0.15, 0.2) is 36.5 Å². The largest absolute Gasteiger partial charge is 0.369 e. The maximum absolute atomic E-state index is 15.5. The fraction of sp³-hybridized carbons (Fsp3) is 0.333. The molecular weight excluding hydrogens is 391 g/mol. The van der Waals surface area contributed by atoms with Gasteiger partial charge in [0.1, 0.15) is 11.6 Å². The minimum atomic E-state index is -0.520. The average Bonchev–Trinajstić information content (AvgIpc) is 3.33. The smallest absolute Gasteiger partial charge is 0.162 e. The van der Waals surface area contributed by atoms with Crippen LogP contribution in [-0.2, 0) is 12.1 Å². The number of nitrogens with one attached hydrogen (secondary N) is 2. The molecule has 0 amide bonds. The van der Waals surface area contributed by atoms with Crippen LogP contribution in [0.2, 0.25) is 0 Å². The first kappa shape index (κ1) is 19.8. The highest BCUT2D eigenvalue weighted by atomic mass is 19.1. The molecule has 7 heteroatoms. The Morgan fingerprint density at radius 1 is 1.13 bits per heavy atom. The third-order valence-corrected chi connectivity index (χ3v) is 6.26. The van der Waals surface area contributed by atoms with Gasteiger partial charge in [0, 0.05) is 30.2 Å². The van der Waals surface area contributed by atoms with E-state index in [1.54, 1.807) is 6.07 Å². The lowest BCUT2D eigenvalue weighted by Gasteiger charge is -2.35. The molecule has 2 aromatic carbocycles. The summed E-state index contributed by atoms with van der Waals surface area (Å²) in [5, 5.41) is 16.3.